The van der Waals surface area contributed by atoms with Crippen LogP contribution in [0.5, 0.6) is 0 Å². The van der Waals surface area contributed by atoms with Gasteiger partial charge in [-0.2, -0.15) is 0 Å². The van der Waals surface area contributed by atoms with Crippen LogP contribution in [-0.2, 0) is 14.3 Å². The van der Waals surface area contributed by atoms with Gasteiger partial charge in [-0.15, -0.1) is 11.8 Å². The third kappa shape index (κ3) is 7.62. The van der Waals surface area contributed by atoms with Crippen molar-refractivity contribution >= 4 is 29.9 Å². The Morgan fingerprint density at radius 1 is 0.974 bits per heavy atom. The summed E-state index contributed by atoms with van der Waals surface area (Å²) >= 11 is 1.94. The minimum absolute atomic E-state index is 0.00978. The fourth-order valence-corrected chi connectivity index (χ4v) is 6.48. The molecule has 3 aliphatic heterocycles. The first kappa shape index (κ1) is 27.7. The molecular formula is C31H36N2O4S. The second-order valence-corrected chi connectivity index (χ2v) is 11.1. The minimum atomic E-state index is -0.509. The summed E-state index contributed by atoms with van der Waals surface area (Å²) in [5.74, 6) is 1.46. The number of carbonyl (C=O) groups is 2. The van der Waals surface area contributed by atoms with Crippen LogP contribution in [0.3, 0.4) is 0 Å². The van der Waals surface area contributed by atoms with Crippen molar-refractivity contribution in [2.75, 3.05) is 37.2 Å². The van der Waals surface area contributed by atoms with Gasteiger partial charge in [0.2, 0.25) is 0 Å². The highest BCUT2D eigenvalue weighted by Gasteiger charge is 2.47. The number of nitrogens with zero attached hydrogens (tertiary/aromatic N) is 1. The topological polar surface area (TPSA) is 78.5 Å². The summed E-state index contributed by atoms with van der Waals surface area (Å²) in [6.07, 6.45) is 3.51. The highest BCUT2D eigenvalue weighted by Crippen LogP contribution is 2.37. The zero-order valence-electron chi connectivity index (χ0n) is 21.6. The Hall–Kier alpha value is -3.29. The van der Waals surface area contributed by atoms with Crippen molar-refractivity contribution in [3.8, 4) is 0 Å². The first-order valence-corrected chi connectivity index (χ1v) is 14.3. The molecule has 3 heterocycles. The van der Waals surface area contributed by atoms with Gasteiger partial charge >= 0.3 is 5.97 Å². The van der Waals surface area contributed by atoms with Crippen molar-refractivity contribution in [1.82, 2.24) is 0 Å². The van der Waals surface area contributed by atoms with Gasteiger partial charge in [0.15, 0.2) is 12.1 Å². The van der Waals surface area contributed by atoms with Crippen LogP contribution in [-0.4, -0.2) is 55.0 Å². The highest BCUT2D eigenvalue weighted by molar-refractivity contribution is 7.99. The maximum Gasteiger partial charge on any atom is 0.333 e. The van der Waals surface area contributed by atoms with Gasteiger partial charge in [0, 0.05) is 48.0 Å². The molecule has 0 amide bonds. The number of esters is 1. The van der Waals surface area contributed by atoms with Crippen molar-refractivity contribution in [3.63, 3.8) is 0 Å². The maximum atomic E-state index is 13.5. The van der Waals surface area contributed by atoms with Gasteiger partial charge in [0.1, 0.15) is 6.54 Å². The minimum Gasteiger partial charge on any atom is -0.554 e. The van der Waals surface area contributed by atoms with E-state index in [1.165, 1.54) is 31.0 Å². The smallest absolute Gasteiger partial charge is 0.333 e. The number of thioether (sulfide) groups is 1. The SMILES string of the molecule is O=C(O[C@H]1C[N+]2(CCCSc3ccccc3)CCC1CC2)[C@H](Nc1ccccc1)c1ccccc1.O=C[O-]. The quantitative estimate of drug-likeness (QED) is 0.136. The molecule has 3 saturated heterocycles. The summed E-state index contributed by atoms with van der Waals surface area (Å²) in [5, 5.41) is 11.7. The van der Waals surface area contributed by atoms with Gasteiger partial charge in [-0.05, 0) is 29.8 Å². The number of piperidine rings is 3. The van der Waals surface area contributed by atoms with Gasteiger partial charge in [-0.25, -0.2) is 4.79 Å². The first-order chi connectivity index (χ1) is 18.6. The second kappa shape index (κ2) is 14.0. The summed E-state index contributed by atoms with van der Waals surface area (Å²) in [5.41, 5.74) is 1.86. The number of hydrogen-bond acceptors (Lipinski definition) is 6. The molecular weight excluding hydrogens is 496 g/mol. The van der Waals surface area contributed by atoms with E-state index in [-0.39, 0.29) is 12.1 Å². The number of nitrogens with one attached hydrogen (secondary N) is 1. The van der Waals surface area contributed by atoms with E-state index in [2.05, 4.69) is 35.6 Å². The lowest BCUT2D eigenvalue weighted by atomic mass is 9.83. The summed E-state index contributed by atoms with van der Waals surface area (Å²) < 4.78 is 7.40. The molecule has 3 aromatic carbocycles. The zero-order chi connectivity index (χ0) is 26.6. The Kier molecular flexibility index (Phi) is 10.2. The van der Waals surface area contributed by atoms with Gasteiger partial charge in [-0.3, -0.25) is 0 Å². The molecule has 7 heteroatoms. The molecule has 3 fully saturated rings. The van der Waals surface area contributed by atoms with E-state index in [0.29, 0.717) is 5.92 Å². The predicted octanol–water partition coefficient (Wildman–Crippen LogP) is 4.54. The number of ether oxygens (including phenoxy) is 1. The molecule has 0 radical (unpaired) electrons. The maximum absolute atomic E-state index is 13.5. The summed E-state index contributed by atoms with van der Waals surface area (Å²) in [6.45, 7) is 4.07. The van der Waals surface area contributed by atoms with Gasteiger partial charge in [0.25, 0.3) is 0 Å². The lowest BCUT2D eigenvalue weighted by molar-refractivity contribution is -0.946. The Labute approximate surface area is 229 Å². The van der Waals surface area contributed by atoms with E-state index in [0.717, 1.165) is 40.9 Å². The molecule has 0 saturated carbocycles. The third-order valence-corrected chi connectivity index (χ3v) is 8.65. The molecule has 6 nitrogen and oxygen atoms in total. The molecule has 2 atom stereocenters. The van der Waals surface area contributed by atoms with Crippen molar-refractivity contribution in [1.29, 1.82) is 0 Å². The summed E-state index contributed by atoms with van der Waals surface area (Å²) in [6, 6.07) is 30.0. The van der Waals surface area contributed by atoms with Crippen LogP contribution in [0, 0.1) is 5.92 Å². The van der Waals surface area contributed by atoms with E-state index in [1.807, 2.05) is 72.4 Å². The van der Waals surface area contributed by atoms with Crippen LogP contribution in [0.15, 0.2) is 95.9 Å². The number of anilines is 1. The number of carboxylic acid groups (broad SMARTS) is 1. The second-order valence-electron chi connectivity index (χ2n) is 9.97. The normalized spacial score (nSPS) is 22.4. The largest absolute Gasteiger partial charge is 0.554 e. The molecule has 6 rings (SSSR count). The Morgan fingerprint density at radius 3 is 2.18 bits per heavy atom. The summed E-state index contributed by atoms with van der Waals surface area (Å²) in [4.78, 5) is 23.1. The van der Waals surface area contributed by atoms with E-state index >= 15 is 0 Å². The van der Waals surface area contributed by atoms with Crippen molar-refractivity contribution in [3.05, 3.63) is 96.6 Å². The van der Waals surface area contributed by atoms with Crippen LogP contribution in [0.4, 0.5) is 5.69 Å². The number of carbonyl (C=O) groups excluding carboxylic acids is 2. The first-order valence-electron chi connectivity index (χ1n) is 13.3. The molecule has 0 spiro atoms. The predicted molar refractivity (Wildman–Crippen MR) is 149 cm³/mol. The monoisotopic (exact) mass is 532 g/mol. The van der Waals surface area contributed by atoms with Gasteiger partial charge in [-0.1, -0.05) is 66.7 Å². The Bertz CT molecular complexity index is 1120. The fourth-order valence-electron chi connectivity index (χ4n) is 5.62. The van der Waals surface area contributed by atoms with Crippen molar-refractivity contribution < 1.29 is 23.9 Å². The molecule has 1 N–H and O–H groups in total. The average Bonchev–Trinajstić information content (AvgIpc) is 2.97. The van der Waals surface area contributed by atoms with Crippen molar-refractivity contribution in [2.24, 2.45) is 5.92 Å². The van der Waals surface area contributed by atoms with Crippen LogP contribution in [0.25, 0.3) is 0 Å². The number of rotatable bonds is 10. The van der Waals surface area contributed by atoms with Gasteiger partial charge in [0.05, 0.1) is 19.6 Å². The molecule has 0 aromatic heterocycles. The van der Waals surface area contributed by atoms with Crippen LogP contribution < -0.4 is 10.4 Å². The summed E-state index contributed by atoms with van der Waals surface area (Å²) in [7, 11) is 0. The molecule has 38 heavy (non-hydrogen) atoms. The number of hydrogen-bond donors (Lipinski definition) is 1. The van der Waals surface area contributed by atoms with E-state index < -0.39 is 12.5 Å². The lowest BCUT2D eigenvalue weighted by Gasteiger charge is -2.52. The molecule has 0 unspecified atom stereocenters. The third-order valence-electron chi connectivity index (χ3n) is 7.55. The lowest BCUT2D eigenvalue weighted by Crippen LogP contribution is -2.64. The average molecular weight is 533 g/mol. The molecule has 3 aliphatic rings. The molecule has 3 aromatic rings. The van der Waals surface area contributed by atoms with Crippen LogP contribution >= 0.6 is 11.8 Å². The van der Waals surface area contributed by atoms with Crippen LogP contribution in [0.2, 0.25) is 0 Å². The Balaban J connectivity index is 0.00000107. The standard InChI is InChI=1S/C30H35N2O2S.CH2O2/c33-30(29(25-11-4-1-5-12-25)31-26-13-6-2-7-14-26)34-28-23-32(20-17-24(28)18-21-32)19-10-22-35-27-15-8-3-9-16-27;2-1-3/h1-9,11-16,24,28-29,31H,10,17-23H2;1H,(H,2,3)/q+1;/p-1/t24?,28-,29+,32?;/m0./s1. The molecule has 2 bridgehead atoms. The zero-order valence-corrected chi connectivity index (χ0v) is 22.4. The number of fused-ring (bicyclic) bond motifs is 3. The van der Waals surface area contributed by atoms with Crippen molar-refractivity contribution in [2.45, 2.75) is 36.3 Å². The van der Waals surface area contributed by atoms with Crippen LogP contribution in [0.1, 0.15) is 30.9 Å². The molecule has 0 aliphatic carbocycles. The van der Waals surface area contributed by atoms with E-state index in [1.54, 1.807) is 0 Å². The van der Waals surface area contributed by atoms with E-state index in [9.17, 15) is 4.79 Å². The molecule has 200 valence electrons. The van der Waals surface area contributed by atoms with Gasteiger partial charge < -0.3 is 24.4 Å². The Morgan fingerprint density at radius 2 is 1.55 bits per heavy atom. The van der Waals surface area contributed by atoms with E-state index in [4.69, 9.17) is 14.6 Å². The number of benzene rings is 3. The number of quaternary nitrogens is 1. The number of para-hydroxylation sites is 1. The fraction of sp³-hybridized carbons (Fsp3) is 0.355. The highest BCUT2D eigenvalue weighted by atomic mass is 32.2.